The standard InChI is InChI=1S/C18H17N3S/c1-18(2,3)13-5-7-14(8-6-13)20-17-21-15-9-4-12(11-19)10-16(15)22-17/h4-10H,1-3H3,(H,20,21). The Morgan fingerprint density at radius 2 is 1.82 bits per heavy atom. The Labute approximate surface area is 134 Å². The first-order chi connectivity index (χ1) is 10.5. The quantitative estimate of drug-likeness (QED) is 0.707. The number of aromatic nitrogens is 1. The second-order valence-electron chi connectivity index (χ2n) is 6.27. The normalized spacial score (nSPS) is 11.4. The van der Waals surface area contributed by atoms with Gasteiger partial charge in [-0.1, -0.05) is 44.2 Å². The van der Waals surface area contributed by atoms with E-state index in [2.05, 4.69) is 61.4 Å². The summed E-state index contributed by atoms with van der Waals surface area (Å²) in [5.41, 5.74) is 4.06. The van der Waals surface area contributed by atoms with Gasteiger partial charge < -0.3 is 5.32 Å². The fraction of sp³-hybridized carbons (Fsp3) is 0.222. The summed E-state index contributed by atoms with van der Waals surface area (Å²) in [6, 6.07) is 16.2. The fourth-order valence-corrected chi connectivity index (χ4v) is 3.15. The number of nitrogens with zero attached hydrogens (tertiary/aromatic N) is 2. The molecule has 0 aliphatic rings. The van der Waals surface area contributed by atoms with Gasteiger partial charge in [-0.25, -0.2) is 4.98 Å². The highest BCUT2D eigenvalue weighted by Crippen LogP contribution is 2.30. The molecule has 3 rings (SSSR count). The predicted octanol–water partition coefficient (Wildman–Crippen LogP) is 5.21. The molecule has 0 atom stereocenters. The van der Waals surface area contributed by atoms with Crippen LogP contribution in [0.1, 0.15) is 31.9 Å². The van der Waals surface area contributed by atoms with Crippen LogP contribution < -0.4 is 5.32 Å². The molecule has 0 aliphatic heterocycles. The van der Waals surface area contributed by atoms with E-state index in [9.17, 15) is 0 Å². The summed E-state index contributed by atoms with van der Waals surface area (Å²) in [7, 11) is 0. The number of nitriles is 1. The Morgan fingerprint density at radius 1 is 1.09 bits per heavy atom. The van der Waals surface area contributed by atoms with Crippen LogP contribution in [0.15, 0.2) is 42.5 Å². The van der Waals surface area contributed by atoms with Crippen molar-refractivity contribution in [2.75, 3.05) is 5.32 Å². The zero-order valence-corrected chi connectivity index (χ0v) is 13.7. The van der Waals surface area contributed by atoms with Gasteiger partial charge in [-0.3, -0.25) is 0 Å². The van der Waals surface area contributed by atoms with Gasteiger partial charge in [-0.2, -0.15) is 5.26 Å². The van der Waals surface area contributed by atoms with Crippen LogP contribution in [0, 0.1) is 11.3 Å². The first kappa shape index (κ1) is 14.6. The van der Waals surface area contributed by atoms with Crippen molar-refractivity contribution in [1.82, 2.24) is 4.98 Å². The molecule has 2 aromatic carbocycles. The van der Waals surface area contributed by atoms with Crippen molar-refractivity contribution in [3.8, 4) is 6.07 Å². The van der Waals surface area contributed by atoms with Crippen LogP contribution >= 0.6 is 11.3 Å². The Morgan fingerprint density at radius 3 is 2.45 bits per heavy atom. The van der Waals surface area contributed by atoms with Crippen molar-refractivity contribution in [1.29, 1.82) is 5.26 Å². The molecule has 4 heteroatoms. The molecule has 1 heterocycles. The molecular weight excluding hydrogens is 290 g/mol. The summed E-state index contributed by atoms with van der Waals surface area (Å²) >= 11 is 1.56. The van der Waals surface area contributed by atoms with Crippen LogP contribution in [0.5, 0.6) is 0 Å². The predicted molar refractivity (Wildman–Crippen MR) is 92.8 cm³/mol. The van der Waals surface area contributed by atoms with Gasteiger partial charge in [0.1, 0.15) is 0 Å². The average Bonchev–Trinajstić information content (AvgIpc) is 2.88. The molecule has 110 valence electrons. The number of thiazole rings is 1. The zero-order chi connectivity index (χ0) is 15.7. The molecule has 22 heavy (non-hydrogen) atoms. The van der Waals surface area contributed by atoms with E-state index >= 15 is 0 Å². The van der Waals surface area contributed by atoms with Gasteiger partial charge in [-0.15, -0.1) is 0 Å². The van der Waals surface area contributed by atoms with E-state index < -0.39 is 0 Å². The van der Waals surface area contributed by atoms with Crippen molar-refractivity contribution >= 4 is 32.4 Å². The van der Waals surface area contributed by atoms with Crippen LogP contribution in [0.4, 0.5) is 10.8 Å². The van der Waals surface area contributed by atoms with E-state index in [1.807, 2.05) is 12.1 Å². The highest BCUT2D eigenvalue weighted by molar-refractivity contribution is 7.22. The zero-order valence-electron chi connectivity index (χ0n) is 12.8. The minimum Gasteiger partial charge on any atom is -0.332 e. The third kappa shape index (κ3) is 2.95. The van der Waals surface area contributed by atoms with Gasteiger partial charge in [0.25, 0.3) is 0 Å². The molecule has 0 fully saturated rings. The monoisotopic (exact) mass is 307 g/mol. The minimum atomic E-state index is 0.155. The molecule has 0 saturated heterocycles. The Bertz CT molecular complexity index is 849. The molecule has 0 spiro atoms. The Balaban J connectivity index is 1.85. The van der Waals surface area contributed by atoms with Gasteiger partial charge >= 0.3 is 0 Å². The highest BCUT2D eigenvalue weighted by Gasteiger charge is 2.13. The van der Waals surface area contributed by atoms with Gasteiger partial charge in [0.2, 0.25) is 0 Å². The second-order valence-corrected chi connectivity index (χ2v) is 7.30. The molecule has 1 N–H and O–H groups in total. The van der Waals surface area contributed by atoms with Gasteiger partial charge in [0.05, 0.1) is 21.8 Å². The van der Waals surface area contributed by atoms with Crippen molar-refractivity contribution in [2.45, 2.75) is 26.2 Å². The first-order valence-electron chi connectivity index (χ1n) is 7.14. The first-order valence-corrected chi connectivity index (χ1v) is 7.95. The van der Waals surface area contributed by atoms with Gasteiger partial charge in [-0.05, 0) is 41.3 Å². The van der Waals surface area contributed by atoms with Crippen LogP contribution in [0.25, 0.3) is 10.2 Å². The summed E-state index contributed by atoms with van der Waals surface area (Å²) < 4.78 is 1.02. The number of hydrogen-bond acceptors (Lipinski definition) is 4. The van der Waals surface area contributed by atoms with Crippen LogP contribution in [-0.4, -0.2) is 4.98 Å². The number of benzene rings is 2. The van der Waals surface area contributed by atoms with Crippen molar-refractivity contribution in [3.63, 3.8) is 0 Å². The largest absolute Gasteiger partial charge is 0.332 e. The number of nitrogens with one attached hydrogen (secondary N) is 1. The second kappa shape index (κ2) is 5.43. The van der Waals surface area contributed by atoms with E-state index in [0.29, 0.717) is 5.56 Å². The summed E-state index contributed by atoms with van der Waals surface area (Å²) in [6.07, 6.45) is 0. The molecule has 3 aromatic rings. The summed E-state index contributed by atoms with van der Waals surface area (Å²) in [4.78, 5) is 4.55. The Kier molecular flexibility index (Phi) is 3.59. The lowest BCUT2D eigenvalue weighted by atomic mass is 9.87. The summed E-state index contributed by atoms with van der Waals surface area (Å²) in [6.45, 7) is 6.61. The van der Waals surface area contributed by atoms with E-state index in [0.717, 1.165) is 21.0 Å². The third-order valence-electron chi connectivity index (χ3n) is 3.52. The number of anilines is 2. The van der Waals surface area contributed by atoms with Gasteiger partial charge in [0.15, 0.2) is 5.13 Å². The average molecular weight is 307 g/mol. The SMILES string of the molecule is CC(C)(C)c1ccc(Nc2nc3ccc(C#N)cc3s2)cc1. The van der Waals surface area contributed by atoms with Crippen LogP contribution in [0.3, 0.4) is 0 Å². The maximum Gasteiger partial charge on any atom is 0.188 e. The Hall–Kier alpha value is -2.38. The maximum absolute atomic E-state index is 8.95. The molecule has 0 aliphatic carbocycles. The molecule has 0 bridgehead atoms. The minimum absolute atomic E-state index is 0.155. The van der Waals surface area contributed by atoms with E-state index in [1.54, 1.807) is 17.4 Å². The lowest BCUT2D eigenvalue weighted by Gasteiger charge is -2.19. The molecule has 0 unspecified atom stereocenters. The van der Waals surface area contributed by atoms with Gasteiger partial charge in [0, 0.05) is 5.69 Å². The maximum atomic E-state index is 8.95. The molecular formula is C18H17N3S. The number of fused-ring (bicyclic) bond motifs is 1. The molecule has 3 nitrogen and oxygen atoms in total. The van der Waals surface area contributed by atoms with E-state index in [1.165, 1.54) is 5.56 Å². The summed E-state index contributed by atoms with van der Waals surface area (Å²) in [5.74, 6) is 0. The van der Waals surface area contributed by atoms with Crippen molar-refractivity contribution in [2.24, 2.45) is 0 Å². The van der Waals surface area contributed by atoms with E-state index in [4.69, 9.17) is 5.26 Å². The molecule has 0 saturated carbocycles. The number of hydrogen-bond donors (Lipinski definition) is 1. The third-order valence-corrected chi connectivity index (χ3v) is 4.45. The molecule has 0 radical (unpaired) electrons. The lowest BCUT2D eigenvalue weighted by Crippen LogP contribution is -2.10. The highest BCUT2D eigenvalue weighted by atomic mass is 32.1. The topological polar surface area (TPSA) is 48.7 Å². The molecule has 0 amide bonds. The van der Waals surface area contributed by atoms with Crippen LogP contribution in [-0.2, 0) is 5.41 Å². The van der Waals surface area contributed by atoms with E-state index in [-0.39, 0.29) is 5.41 Å². The van der Waals surface area contributed by atoms with Crippen molar-refractivity contribution < 1.29 is 0 Å². The smallest absolute Gasteiger partial charge is 0.188 e. The number of rotatable bonds is 2. The molecule has 1 aromatic heterocycles. The fourth-order valence-electron chi connectivity index (χ4n) is 2.22. The summed E-state index contributed by atoms with van der Waals surface area (Å²) in [5, 5.41) is 13.1. The van der Waals surface area contributed by atoms with Crippen LogP contribution in [0.2, 0.25) is 0 Å². The lowest BCUT2D eigenvalue weighted by molar-refractivity contribution is 0.590. The van der Waals surface area contributed by atoms with Crippen molar-refractivity contribution in [3.05, 3.63) is 53.6 Å².